The van der Waals surface area contributed by atoms with Crippen LogP contribution in [0.1, 0.15) is 26.2 Å². The van der Waals surface area contributed by atoms with Crippen LogP contribution in [0.25, 0.3) is 0 Å². The Morgan fingerprint density at radius 2 is 2.29 bits per heavy atom. The summed E-state index contributed by atoms with van der Waals surface area (Å²) < 4.78 is 0. The molecule has 0 saturated heterocycles. The normalized spacial score (nSPS) is 20.2. The van der Waals surface area contributed by atoms with Gasteiger partial charge in [-0.1, -0.05) is 6.92 Å². The Kier molecular flexibility index (Phi) is 4.64. The van der Waals surface area contributed by atoms with Crippen LogP contribution in [-0.2, 0) is 4.79 Å². The van der Waals surface area contributed by atoms with Crippen LogP contribution in [0, 0.1) is 5.41 Å². The summed E-state index contributed by atoms with van der Waals surface area (Å²) in [4.78, 5) is 11.5. The molecule has 1 fully saturated rings. The number of hydrogen-bond donors (Lipinski definition) is 2. The van der Waals surface area contributed by atoms with E-state index in [9.17, 15) is 4.79 Å². The maximum absolute atomic E-state index is 11.5. The molecule has 1 amide bonds. The van der Waals surface area contributed by atoms with E-state index in [1.807, 2.05) is 0 Å². The minimum atomic E-state index is 0.192. The first kappa shape index (κ1) is 12.2. The molecule has 0 spiro atoms. The van der Waals surface area contributed by atoms with Gasteiger partial charge in [0, 0.05) is 18.2 Å². The Balaban J connectivity index is 2.16. The van der Waals surface area contributed by atoms with Gasteiger partial charge in [-0.05, 0) is 30.3 Å². The third kappa shape index (κ3) is 3.73. The largest absolute Gasteiger partial charge is 0.355 e. The van der Waals surface area contributed by atoms with Crippen LogP contribution in [0.15, 0.2) is 0 Å². The standard InChI is InChI=1S/C10H19NOS2/c1-8(14-2)6-11-9(12)5-10(7-13)3-4-10/h8,13H,3-7H2,1-2H3,(H,11,12). The summed E-state index contributed by atoms with van der Waals surface area (Å²) in [5, 5.41) is 3.47. The molecule has 0 aliphatic heterocycles. The van der Waals surface area contributed by atoms with Crippen molar-refractivity contribution in [1.29, 1.82) is 0 Å². The van der Waals surface area contributed by atoms with Gasteiger partial charge in [-0.2, -0.15) is 24.4 Å². The quantitative estimate of drug-likeness (QED) is 0.687. The highest BCUT2D eigenvalue weighted by Gasteiger charge is 2.42. The van der Waals surface area contributed by atoms with Crippen molar-refractivity contribution in [3.05, 3.63) is 0 Å². The average Bonchev–Trinajstić information content (AvgIpc) is 2.95. The maximum atomic E-state index is 11.5. The van der Waals surface area contributed by atoms with Gasteiger partial charge in [0.15, 0.2) is 0 Å². The molecule has 1 rings (SSSR count). The van der Waals surface area contributed by atoms with Crippen LogP contribution in [0.3, 0.4) is 0 Å². The molecule has 1 aliphatic rings. The number of carbonyl (C=O) groups excluding carboxylic acids is 1. The molecule has 0 aromatic heterocycles. The number of thioether (sulfide) groups is 1. The molecule has 1 N–H and O–H groups in total. The Morgan fingerprint density at radius 1 is 1.64 bits per heavy atom. The summed E-state index contributed by atoms with van der Waals surface area (Å²) in [5.41, 5.74) is 0.246. The van der Waals surface area contributed by atoms with Crippen molar-refractivity contribution in [2.75, 3.05) is 18.6 Å². The SMILES string of the molecule is CSC(C)CNC(=O)CC1(CS)CC1. The molecule has 1 atom stereocenters. The molecular weight excluding hydrogens is 214 g/mol. The van der Waals surface area contributed by atoms with Gasteiger partial charge in [0.2, 0.25) is 5.91 Å². The van der Waals surface area contributed by atoms with Gasteiger partial charge in [0.1, 0.15) is 0 Å². The minimum absolute atomic E-state index is 0.192. The first-order valence-corrected chi connectivity index (χ1v) is 6.94. The smallest absolute Gasteiger partial charge is 0.220 e. The molecule has 0 aromatic carbocycles. The molecule has 14 heavy (non-hydrogen) atoms. The summed E-state index contributed by atoms with van der Waals surface area (Å²) in [6.45, 7) is 2.90. The van der Waals surface area contributed by atoms with Crippen molar-refractivity contribution < 1.29 is 4.79 Å². The molecular formula is C10H19NOS2. The second-order valence-corrected chi connectivity index (χ2v) is 5.78. The average molecular weight is 233 g/mol. The molecule has 0 bridgehead atoms. The third-order valence-electron chi connectivity index (χ3n) is 2.82. The molecule has 82 valence electrons. The van der Waals surface area contributed by atoms with E-state index in [0.717, 1.165) is 12.3 Å². The lowest BCUT2D eigenvalue weighted by molar-refractivity contribution is -0.122. The monoisotopic (exact) mass is 233 g/mol. The number of rotatable bonds is 6. The van der Waals surface area contributed by atoms with Gasteiger partial charge in [-0.25, -0.2) is 0 Å². The minimum Gasteiger partial charge on any atom is -0.355 e. The first-order chi connectivity index (χ1) is 6.62. The fraction of sp³-hybridized carbons (Fsp3) is 0.900. The second-order valence-electron chi connectivity index (χ2n) is 4.19. The highest BCUT2D eigenvalue weighted by molar-refractivity contribution is 7.99. The van der Waals surface area contributed by atoms with E-state index in [-0.39, 0.29) is 11.3 Å². The zero-order chi connectivity index (χ0) is 10.6. The summed E-state index contributed by atoms with van der Waals surface area (Å²) in [5.74, 6) is 1.04. The summed E-state index contributed by atoms with van der Waals surface area (Å²) in [7, 11) is 0. The Labute approximate surface area is 96.0 Å². The molecule has 1 unspecified atom stereocenters. The lowest BCUT2D eigenvalue weighted by atomic mass is 10.1. The van der Waals surface area contributed by atoms with Crippen LogP contribution < -0.4 is 5.32 Å². The fourth-order valence-electron chi connectivity index (χ4n) is 1.31. The van der Waals surface area contributed by atoms with E-state index < -0.39 is 0 Å². The molecule has 1 aliphatic carbocycles. The van der Waals surface area contributed by atoms with Crippen LogP contribution >= 0.6 is 24.4 Å². The van der Waals surface area contributed by atoms with Gasteiger partial charge in [0.05, 0.1) is 0 Å². The topological polar surface area (TPSA) is 29.1 Å². The summed E-state index contributed by atoms with van der Waals surface area (Å²) in [6, 6.07) is 0. The maximum Gasteiger partial charge on any atom is 0.220 e. The third-order valence-corrected chi connectivity index (χ3v) is 4.46. The van der Waals surface area contributed by atoms with Gasteiger partial charge >= 0.3 is 0 Å². The van der Waals surface area contributed by atoms with E-state index in [0.29, 0.717) is 11.7 Å². The predicted octanol–water partition coefficient (Wildman–Crippen LogP) is 1.95. The van der Waals surface area contributed by atoms with Crippen LogP contribution in [0.2, 0.25) is 0 Å². The van der Waals surface area contributed by atoms with Gasteiger partial charge in [-0.15, -0.1) is 0 Å². The van der Waals surface area contributed by atoms with Crippen molar-refractivity contribution in [2.45, 2.75) is 31.4 Å². The summed E-state index contributed by atoms with van der Waals surface area (Å²) in [6.07, 6.45) is 5.06. The zero-order valence-corrected chi connectivity index (χ0v) is 10.6. The first-order valence-electron chi connectivity index (χ1n) is 5.02. The molecule has 0 aromatic rings. The fourth-order valence-corrected chi connectivity index (χ4v) is 1.99. The number of carbonyl (C=O) groups is 1. The second kappa shape index (κ2) is 5.31. The lowest BCUT2D eigenvalue weighted by Crippen LogP contribution is -2.31. The molecule has 0 heterocycles. The lowest BCUT2D eigenvalue weighted by Gasteiger charge is -2.13. The number of thiol groups is 1. The van der Waals surface area contributed by atoms with E-state index in [1.165, 1.54) is 12.8 Å². The van der Waals surface area contributed by atoms with Crippen molar-refractivity contribution in [3.8, 4) is 0 Å². The van der Waals surface area contributed by atoms with Crippen molar-refractivity contribution in [2.24, 2.45) is 5.41 Å². The highest BCUT2D eigenvalue weighted by Crippen LogP contribution is 2.49. The van der Waals surface area contributed by atoms with Crippen LogP contribution in [0.4, 0.5) is 0 Å². The molecule has 2 nitrogen and oxygen atoms in total. The Morgan fingerprint density at radius 3 is 2.71 bits per heavy atom. The number of nitrogens with one attached hydrogen (secondary N) is 1. The molecule has 4 heteroatoms. The Hall–Kier alpha value is 0.170. The number of hydrogen-bond acceptors (Lipinski definition) is 3. The number of amides is 1. The van der Waals surface area contributed by atoms with Crippen LogP contribution in [-0.4, -0.2) is 29.7 Å². The summed E-state index contributed by atoms with van der Waals surface area (Å²) >= 11 is 6.06. The Bertz CT molecular complexity index is 204. The van der Waals surface area contributed by atoms with E-state index in [2.05, 4.69) is 31.1 Å². The van der Waals surface area contributed by atoms with Crippen molar-refractivity contribution in [1.82, 2.24) is 5.32 Å². The van der Waals surface area contributed by atoms with Gasteiger partial charge in [-0.3, -0.25) is 4.79 Å². The predicted molar refractivity (Wildman–Crippen MR) is 66.1 cm³/mol. The van der Waals surface area contributed by atoms with Crippen molar-refractivity contribution in [3.63, 3.8) is 0 Å². The van der Waals surface area contributed by atoms with E-state index in [1.54, 1.807) is 11.8 Å². The molecule has 0 radical (unpaired) electrons. The van der Waals surface area contributed by atoms with Crippen LogP contribution in [0.5, 0.6) is 0 Å². The van der Waals surface area contributed by atoms with Gasteiger partial charge in [0.25, 0.3) is 0 Å². The highest BCUT2D eigenvalue weighted by atomic mass is 32.2. The molecule has 1 saturated carbocycles. The van der Waals surface area contributed by atoms with E-state index in [4.69, 9.17) is 0 Å². The van der Waals surface area contributed by atoms with E-state index >= 15 is 0 Å². The van der Waals surface area contributed by atoms with Gasteiger partial charge < -0.3 is 5.32 Å². The zero-order valence-electron chi connectivity index (χ0n) is 8.88. The van der Waals surface area contributed by atoms with Crippen molar-refractivity contribution >= 4 is 30.3 Å².